The molecule has 7 heteroatoms. The number of rotatable bonds is 3. The van der Waals surface area contributed by atoms with Crippen molar-refractivity contribution in [1.29, 1.82) is 0 Å². The van der Waals surface area contributed by atoms with Crippen molar-refractivity contribution in [3.05, 3.63) is 52.8 Å². The van der Waals surface area contributed by atoms with Crippen LogP contribution >= 0.6 is 35.5 Å². The molecule has 2 heterocycles. The minimum Gasteiger partial charge on any atom is -0.456 e. The Labute approximate surface area is 128 Å². The number of nitrogens with zero attached hydrogens (tertiary/aromatic N) is 2. The van der Waals surface area contributed by atoms with E-state index in [4.69, 9.17) is 27.9 Å². The summed E-state index contributed by atoms with van der Waals surface area (Å²) in [6.45, 7) is 0. The minimum absolute atomic E-state index is 0.0328. The molecule has 0 fully saturated rings. The van der Waals surface area contributed by atoms with Crippen molar-refractivity contribution in [2.75, 3.05) is 0 Å². The highest BCUT2D eigenvalue weighted by Gasteiger charge is 2.14. The molecule has 0 bridgehead atoms. The van der Waals surface area contributed by atoms with Crippen molar-refractivity contribution in [2.45, 2.75) is 0 Å². The zero-order valence-corrected chi connectivity index (χ0v) is 12.2. The number of halogens is 3. The summed E-state index contributed by atoms with van der Waals surface area (Å²) in [4.78, 5) is 4.11. The fourth-order valence-corrected chi connectivity index (χ4v) is 2.63. The molecule has 0 saturated carbocycles. The van der Waals surface area contributed by atoms with E-state index in [2.05, 4.69) is 4.98 Å². The van der Waals surface area contributed by atoms with E-state index < -0.39 is 0 Å². The van der Waals surface area contributed by atoms with Crippen LogP contribution in [0.4, 0.5) is 3.89 Å². The van der Waals surface area contributed by atoms with E-state index >= 15 is 0 Å². The molecule has 3 aromatic rings. The normalized spacial score (nSPS) is 10.9. The Morgan fingerprint density at radius 3 is 2.60 bits per heavy atom. The Bertz CT molecular complexity index is 761. The Kier molecular flexibility index (Phi) is 3.74. The average Bonchev–Trinajstić information content (AvgIpc) is 2.79. The lowest BCUT2D eigenvalue weighted by atomic mass is 10.3. The van der Waals surface area contributed by atoms with Crippen LogP contribution in [-0.2, 0) is 0 Å². The van der Waals surface area contributed by atoms with Gasteiger partial charge in [-0.2, -0.15) is 0 Å². The first-order valence-electron chi connectivity index (χ1n) is 5.57. The Morgan fingerprint density at radius 1 is 1.15 bits per heavy atom. The molecule has 0 saturated heterocycles. The van der Waals surface area contributed by atoms with Crippen LogP contribution in [0.3, 0.4) is 0 Å². The molecular weight excluding hydrogens is 322 g/mol. The zero-order chi connectivity index (χ0) is 14.1. The molecule has 0 radical (unpaired) electrons. The molecule has 1 aromatic carbocycles. The van der Waals surface area contributed by atoms with Gasteiger partial charge in [0.25, 0.3) is 0 Å². The average molecular weight is 329 g/mol. The van der Waals surface area contributed by atoms with Gasteiger partial charge in [0.1, 0.15) is 11.5 Å². The van der Waals surface area contributed by atoms with Gasteiger partial charge in [-0.15, -0.1) is 3.89 Å². The maximum atomic E-state index is 12.8. The molecule has 0 amide bonds. The maximum Gasteiger partial charge on any atom is 0.171 e. The molecule has 0 spiro atoms. The van der Waals surface area contributed by atoms with E-state index in [0.717, 1.165) is 0 Å². The third kappa shape index (κ3) is 2.44. The smallest absolute Gasteiger partial charge is 0.171 e. The van der Waals surface area contributed by atoms with Gasteiger partial charge in [0.05, 0.1) is 10.4 Å². The first-order valence-corrected chi connectivity index (χ1v) is 7.00. The van der Waals surface area contributed by atoms with Crippen molar-refractivity contribution in [3.8, 4) is 11.5 Å². The third-order valence-corrected chi connectivity index (χ3v) is 3.65. The summed E-state index contributed by atoms with van der Waals surface area (Å²) in [7, 11) is 0. The monoisotopic (exact) mass is 328 g/mol. The first kappa shape index (κ1) is 13.5. The van der Waals surface area contributed by atoms with E-state index in [1.54, 1.807) is 30.3 Å². The van der Waals surface area contributed by atoms with Crippen molar-refractivity contribution in [1.82, 2.24) is 8.96 Å². The van der Waals surface area contributed by atoms with Crippen LogP contribution < -0.4 is 4.74 Å². The zero-order valence-electron chi connectivity index (χ0n) is 9.89. The van der Waals surface area contributed by atoms with E-state index in [1.807, 2.05) is 0 Å². The third-order valence-electron chi connectivity index (χ3n) is 2.69. The Hall–Kier alpha value is -1.43. The van der Waals surface area contributed by atoms with Crippen LogP contribution in [-0.4, -0.2) is 8.96 Å². The Balaban J connectivity index is 2.07. The molecule has 0 atom stereocenters. The van der Waals surface area contributed by atoms with Crippen molar-refractivity contribution < 1.29 is 8.62 Å². The minimum atomic E-state index is 0.0328. The summed E-state index contributed by atoms with van der Waals surface area (Å²) in [5, 5.41) is 1.56. The van der Waals surface area contributed by atoms with Gasteiger partial charge >= 0.3 is 0 Å². The molecule has 20 heavy (non-hydrogen) atoms. The van der Waals surface area contributed by atoms with Crippen LogP contribution in [0.1, 0.15) is 0 Å². The largest absolute Gasteiger partial charge is 0.456 e. The van der Waals surface area contributed by atoms with Gasteiger partial charge in [0, 0.05) is 17.4 Å². The standard InChI is InChI=1S/C13H7Cl2FN2OS/c14-8-1-3-9(4-2-8)19-11-5-6-17-13-12(11)10(15)7-18(13)20-16/h1-7H. The van der Waals surface area contributed by atoms with Gasteiger partial charge in [-0.3, -0.25) is 0 Å². The van der Waals surface area contributed by atoms with E-state index in [-0.39, 0.29) is 12.3 Å². The van der Waals surface area contributed by atoms with Crippen LogP contribution in [0.2, 0.25) is 10.0 Å². The maximum absolute atomic E-state index is 12.8. The lowest BCUT2D eigenvalue weighted by Gasteiger charge is -2.07. The molecule has 0 aliphatic rings. The molecular formula is C13H7Cl2FN2OS. The highest BCUT2D eigenvalue weighted by molar-refractivity contribution is 7.92. The Morgan fingerprint density at radius 2 is 1.90 bits per heavy atom. The van der Waals surface area contributed by atoms with E-state index in [0.29, 0.717) is 32.6 Å². The van der Waals surface area contributed by atoms with Gasteiger partial charge in [-0.25, -0.2) is 8.96 Å². The quantitative estimate of drug-likeness (QED) is 0.633. The topological polar surface area (TPSA) is 27.1 Å². The van der Waals surface area contributed by atoms with Crippen LogP contribution in [0.25, 0.3) is 11.0 Å². The molecule has 3 nitrogen and oxygen atoms in total. The van der Waals surface area contributed by atoms with Gasteiger partial charge in [0.15, 0.2) is 18.0 Å². The second-order valence-corrected chi connectivity index (χ2v) is 5.31. The van der Waals surface area contributed by atoms with Crippen molar-refractivity contribution in [2.24, 2.45) is 0 Å². The summed E-state index contributed by atoms with van der Waals surface area (Å²) >= 11 is 12.0. The second-order valence-electron chi connectivity index (χ2n) is 3.94. The number of pyridine rings is 1. The molecule has 0 unspecified atom stereocenters. The van der Waals surface area contributed by atoms with Crippen LogP contribution in [0.5, 0.6) is 11.5 Å². The molecule has 0 N–H and O–H groups in total. The van der Waals surface area contributed by atoms with E-state index in [9.17, 15) is 3.89 Å². The molecule has 0 aliphatic heterocycles. The second kappa shape index (κ2) is 5.52. The number of hydrogen-bond donors (Lipinski definition) is 0. The fourth-order valence-electron chi connectivity index (χ4n) is 1.82. The lowest BCUT2D eigenvalue weighted by molar-refractivity contribution is 0.488. The number of benzene rings is 1. The summed E-state index contributed by atoms with van der Waals surface area (Å²) in [5.41, 5.74) is 0.411. The van der Waals surface area contributed by atoms with Crippen molar-refractivity contribution in [3.63, 3.8) is 0 Å². The van der Waals surface area contributed by atoms with E-state index in [1.165, 1.54) is 16.4 Å². The highest BCUT2D eigenvalue weighted by atomic mass is 35.5. The predicted molar refractivity (Wildman–Crippen MR) is 80.4 cm³/mol. The van der Waals surface area contributed by atoms with Gasteiger partial charge in [-0.05, 0) is 30.3 Å². The lowest BCUT2D eigenvalue weighted by Crippen LogP contribution is -1.88. The first-order chi connectivity index (χ1) is 9.69. The summed E-state index contributed by atoms with van der Waals surface area (Å²) in [6, 6.07) is 8.60. The van der Waals surface area contributed by atoms with Crippen molar-refractivity contribution >= 4 is 46.6 Å². The molecule has 2 aromatic heterocycles. The highest BCUT2D eigenvalue weighted by Crippen LogP contribution is 2.36. The van der Waals surface area contributed by atoms with Crippen LogP contribution in [0.15, 0.2) is 42.7 Å². The predicted octanol–water partition coefficient (Wildman–Crippen LogP) is 5.52. The number of fused-ring (bicyclic) bond motifs is 1. The number of aromatic nitrogens is 2. The van der Waals surface area contributed by atoms with Gasteiger partial charge < -0.3 is 4.74 Å². The fraction of sp³-hybridized carbons (Fsp3) is 0. The molecule has 0 aliphatic carbocycles. The van der Waals surface area contributed by atoms with Gasteiger partial charge in [0.2, 0.25) is 0 Å². The number of ether oxygens (including phenoxy) is 1. The number of hydrogen-bond acceptors (Lipinski definition) is 3. The summed E-state index contributed by atoms with van der Waals surface area (Å²) in [6.07, 6.45) is 3.00. The SMILES string of the molecule is FSn1cc(Cl)c2c(Oc3ccc(Cl)cc3)ccnc21. The summed E-state index contributed by atoms with van der Waals surface area (Å²) < 4.78 is 19.8. The van der Waals surface area contributed by atoms with Crippen LogP contribution in [0, 0.1) is 0 Å². The molecule has 102 valence electrons. The van der Waals surface area contributed by atoms with Gasteiger partial charge in [-0.1, -0.05) is 23.2 Å². The summed E-state index contributed by atoms with van der Waals surface area (Å²) in [5.74, 6) is 1.12. The molecule has 3 rings (SSSR count).